The molecule has 1 heterocycles. The first-order valence-corrected chi connectivity index (χ1v) is 8.62. The highest BCUT2D eigenvalue weighted by atomic mass is 35.5. The van der Waals surface area contributed by atoms with Crippen molar-refractivity contribution in [3.63, 3.8) is 0 Å². The molecule has 0 aromatic heterocycles. The van der Waals surface area contributed by atoms with Crippen LogP contribution in [0.25, 0.3) is 0 Å². The normalized spacial score (nSPS) is 15.4. The number of amides is 3. The molecule has 0 saturated carbocycles. The Kier molecular flexibility index (Phi) is 6.87. The molecule has 24 heavy (non-hydrogen) atoms. The van der Waals surface area contributed by atoms with Gasteiger partial charge >= 0.3 is 6.03 Å². The van der Waals surface area contributed by atoms with Crippen LogP contribution >= 0.6 is 11.6 Å². The third-order valence-electron chi connectivity index (χ3n) is 3.81. The molecule has 1 aliphatic heterocycles. The summed E-state index contributed by atoms with van der Waals surface area (Å²) < 4.78 is 0. The van der Waals surface area contributed by atoms with E-state index in [-0.39, 0.29) is 11.9 Å². The van der Waals surface area contributed by atoms with E-state index in [1.54, 1.807) is 29.2 Å². The lowest BCUT2D eigenvalue weighted by Crippen LogP contribution is -2.52. The van der Waals surface area contributed by atoms with Gasteiger partial charge in [0.25, 0.3) is 0 Å². The van der Waals surface area contributed by atoms with Gasteiger partial charge < -0.3 is 15.5 Å². The molecular weight excluding hydrogens is 328 g/mol. The number of hydrogen-bond donors (Lipinski definition) is 2. The molecule has 6 nitrogen and oxygen atoms in total. The zero-order chi connectivity index (χ0) is 17.5. The molecule has 0 unspecified atom stereocenters. The van der Waals surface area contributed by atoms with E-state index >= 15 is 0 Å². The maximum atomic E-state index is 12.3. The van der Waals surface area contributed by atoms with Crippen LogP contribution in [0.5, 0.6) is 0 Å². The fraction of sp³-hybridized carbons (Fsp3) is 0.529. The number of rotatable bonds is 5. The fourth-order valence-electron chi connectivity index (χ4n) is 2.45. The maximum Gasteiger partial charge on any atom is 0.321 e. The molecule has 1 aromatic rings. The molecule has 0 bridgehead atoms. The van der Waals surface area contributed by atoms with Gasteiger partial charge in [0.2, 0.25) is 5.91 Å². The van der Waals surface area contributed by atoms with E-state index in [1.807, 2.05) is 0 Å². The topological polar surface area (TPSA) is 64.7 Å². The Labute approximate surface area is 148 Å². The summed E-state index contributed by atoms with van der Waals surface area (Å²) >= 11 is 5.92. The second-order valence-corrected chi connectivity index (χ2v) is 6.84. The highest BCUT2D eigenvalue weighted by Gasteiger charge is 2.22. The number of benzene rings is 1. The van der Waals surface area contributed by atoms with Crippen LogP contribution in [0.3, 0.4) is 0 Å². The minimum Gasteiger partial charge on any atom is -0.355 e. The van der Waals surface area contributed by atoms with Gasteiger partial charge in [-0.2, -0.15) is 0 Å². The van der Waals surface area contributed by atoms with Gasteiger partial charge in [0, 0.05) is 43.4 Å². The molecule has 3 amide bonds. The van der Waals surface area contributed by atoms with Crippen molar-refractivity contribution in [1.29, 1.82) is 0 Å². The van der Waals surface area contributed by atoms with Gasteiger partial charge in [0.15, 0.2) is 0 Å². The number of nitrogens with zero attached hydrogens (tertiary/aromatic N) is 2. The molecule has 0 radical (unpaired) electrons. The smallest absolute Gasteiger partial charge is 0.321 e. The van der Waals surface area contributed by atoms with E-state index < -0.39 is 0 Å². The van der Waals surface area contributed by atoms with Gasteiger partial charge in [-0.05, 0) is 24.1 Å². The van der Waals surface area contributed by atoms with Crippen LogP contribution in [0.15, 0.2) is 24.3 Å². The molecule has 132 valence electrons. The Bertz CT molecular complexity index is 571. The molecule has 1 aromatic carbocycles. The molecular formula is C17H25ClN4O2. The lowest BCUT2D eigenvalue weighted by molar-refractivity contribution is -0.122. The van der Waals surface area contributed by atoms with E-state index in [4.69, 9.17) is 11.6 Å². The van der Waals surface area contributed by atoms with Crippen LogP contribution < -0.4 is 10.6 Å². The van der Waals surface area contributed by atoms with Gasteiger partial charge in [0.1, 0.15) is 0 Å². The van der Waals surface area contributed by atoms with E-state index in [1.165, 1.54) is 0 Å². The van der Waals surface area contributed by atoms with Crippen molar-refractivity contribution in [2.75, 3.05) is 44.6 Å². The van der Waals surface area contributed by atoms with Gasteiger partial charge in [-0.1, -0.05) is 31.5 Å². The number of halogens is 1. The standard InChI is InChI=1S/C17H25ClN4O2/c1-13(2)11-19-16(23)12-21-6-8-22(9-7-21)17(24)20-15-5-3-4-14(18)10-15/h3-5,10,13H,6-9,11-12H2,1-2H3,(H,19,23)(H,20,24). The van der Waals surface area contributed by atoms with E-state index in [2.05, 4.69) is 29.4 Å². The quantitative estimate of drug-likeness (QED) is 0.854. The number of nitrogens with one attached hydrogen (secondary N) is 2. The van der Waals surface area contributed by atoms with E-state index in [9.17, 15) is 9.59 Å². The Hall–Kier alpha value is -1.79. The molecule has 7 heteroatoms. The first-order valence-electron chi connectivity index (χ1n) is 8.24. The highest BCUT2D eigenvalue weighted by Crippen LogP contribution is 2.15. The molecule has 0 atom stereocenters. The van der Waals surface area contributed by atoms with Crippen molar-refractivity contribution in [3.05, 3.63) is 29.3 Å². The van der Waals surface area contributed by atoms with Crippen molar-refractivity contribution < 1.29 is 9.59 Å². The minimum absolute atomic E-state index is 0.0422. The predicted octanol–water partition coefficient (Wildman–Crippen LogP) is 2.26. The summed E-state index contributed by atoms with van der Waals surface area (Å²) in [7, 11) is 0. The average molecular weight is 353 g/mol. The fourth-order valence-corrected chi connectivity index (χ4v) is 2.65. The Morgan fingerprint density at radius 2 is 1.92 bits per heavy atom. The van der Waals surface area contributed by atoms with Crippen molar-refractivity contribution in [3.8, 4) is 0 Å². The lowest BCUT2D eigenvalue weighted by Gasteiger charge is -2.34. The minimum atomic E-state index is -0.138. The lowest BCUT2D eigenvalue weighted by atomic mass is 10.2. The molecule has 0 aliphatic carbocycles. The summed E-state index contributed by atoms with van der Waals surface area (Å²) in [6, 6.07) is 6.95. The van der Waals surface area contributed by atoms with Crippen molar-refractivity contribution in [2.45, 2.75) is 13.8 Å². The summed E-state index contributed by atoms with van der Waals surface area (Å²) in [4.78, 5) is 27.9. The maximum absolute atomic E-state index is 12.3. The zero-order valence-electron chi connectivity index (χ0n) is 14.2. The van der Waals surface area contributed by atoms with Crippen LogP contribution in [0.2, 0.25) is 5.02 Å². The second-order valence-electron chi connectivity index (χ2n) is 6.40. The first-order chi connectivity index (χ1) is 11.4. The van der Waals surface area contributed by atoms with Crippen molar-refractivity contribution in [2.24, 2.45) is 5.92 Å². The largest absolute Gasteiger partial charge is 0.355 e. The second kappa shape index (κ2) is 8.89. The SMILES string of the molecule is CC(C)CNC(=O)CN1CCN(C(=O)Nc2cccc(Cl)c2)CC1. The monoisotopic (exact) mass is 352 g/mol. The first kappa shape index (κ1) is 18.5. The highest BCUT2D eigenvalue weighted by molar-refractivity contribution is 6.30. The predicted molar refractivity (Wildman–Crippen MR) is 96.3 cm³/mol. The number of urea groups is 1. The van der Waals surface area contributed by atoms with Crippen LogP contribution in [0.4, 0.5) is 10.5 Å². The third kappa shape index (κ3) is 6.02. The van der Waals surface area contributed by atoms with E-state index in [0.29, 0.717) is 55.9 Å². The van der Waals surface area contributed by atoms with Crippen molar-refractivity contribution >= 4 is 29.2 Å². The number of piperazine rings is 1. The number of anilines is 1. The number of carbonyl (C=O) groups excluding carboxylic acids is 2. The molecule has 1 fully saturated rings. The van der Waals surface area contributed by atoms with Crippen LogP contribution in [0, 0.1) is 5.92 Å². The third-order valence-corrected chi connectivity index (χ3v) is 4.05. The summed E-state index contributed by atoms with van der Waals surface area (Å²) in [5.74, 6) is 0.488. The zero-order valence-corrected chi connectivity index (χ0v) is 15.0. The van der Waals surface area contributed by atoms with E-state index in [0.717, 1.165) is 0 Å². The summed E-state index contributed by atoms with van der Waals surface area (Å²) in [5, 5.41) is 6.35. The molecule has 0 spiro atoms. The van der Waals surface area contributed by atoms with Gasteiger partial charge in [0.05, 0.1) is 6.54 Å². The van der Waals surface area contributed by atoms with Crippen LogP contribution in [-0.4, -0.2) is 61.0 Å². The molecule has 1 aliphatic rings. The molecule has 2 N–H and O–H groups in total. The average Bonchev–Trinajstić information content (AvgIpc) is 2.53. The van der Waals surface area contributed by atoms with Crippen LogP contribution in [-0.2, 0) is 4.79 Å². The Morgan fingerprint density at radius 3 is 2.54 bits per heavy atom. The van der Waals surface area contributed by atoms with Gasteiger partial charge in [-0.25, -0.2) is 4.79 Å². The number of hydrogen-bond acceptors (Lipinski definition) is 3. The molecule has 2 rings (SSSR count). The summed E-state index contributed by atoms with van der Waals surface area (Å²) in [6.45, 7) is 7.80. The molecule has 1 saturated heterocycles. The van der Waals surface area contributed by atoms with Gasteiger partial charge in [-0.15, -0.1) is 0 Å². The number of carbonyl (C=O) groups is 2. The Balaban J connectivity index is 1.74. The van der Waals surface area contributed by atoms with Crippen molar-refractivity contribution in [1.82, 2.24) is 15.1 Å². The van der Waals surface area contributed by atoms with Crippen LogP contribution in [0.1, 0.15) is 13.8 Å². The Morgan fingerprint density at radius 1 is 1.21 bits per heavy atom. The summed E-state index contributed by atoms with van der Waals surface area (Å²) in [5.41, 5.74) is 0.683. The van der Waals surface area contributed by atoms with Gasteiger partial charge in [-0.3, -0.25) is 9.69 Å². The summed E-state index contributed by atoms with van der Waals surface area (Å²) in [6.07, 6.45) is 0.